The number of aromatic nitrogens is 4. The number of hydrogen-bond donors (Lipinski definition) is 2. The van der Waals surface area contributed by atoms with Crippen LogP contribution in [-0.2, 0) is 22.6 Å². The lowest BCUT2D eigenvalue weighted by molar-refractivity contribution is -0.118. The van der Waals surface area contributed by atoms with Crippen molar-refractivity contribution in [2.45, 2.75) is 13.0 Å². The smallest absolute Gasteiger partial charge is 0.278 e. The highest BCUT2D eigenvalue weighted by Crippen LogP contribution is 2.15. The SMILES string of the molecule is NC(=O)Cc1csc(NC(=O)Cn2nnc3ccccc3c2=O)n1. The van der Waals surface area contributed by atoms with Gasteiger partial charge in [-0.2, -0.15) is 0 Å². The Labute approximate surface area is 139 Å². The van der Waals surface area contributed by atoms with Gasteiger partial charge in [-0.15, -0.1) is 16.4 Å². The van der Waals surface area contributed by atoms with Gasteiger partial charge < -0.3 is 11.1 Å². The second-order valence-electron chi connectivity index (χ2n) is 4.90. The van der Waals surface area contributed by atoms with Crippen LogP contribution in [0.3, 0.4) is 0 Å². The fraction of sp³-hybridized carbons (Fsp3) is 0.143. The first kappa shape index (κ1) is 15.7. The Morgan fingerprint density at radius 1 is 1.29 bits per heavy atom. The van der Waals surface area contributed by atoms with E-state index in [2.05, 4.69) is 20.6 Å². The van der Waals surface area contributed by atoms with E-state index in [0.717, 1.165) is 16.0 Å². The second kappa shape index (κ2) is 6.54. The van der Waals surface area contributed by atoms with Crippen LogP contribution in [0.2, 0.25) is 0 Å². The molecule has 0 saturated heterocycles. The molecule has 0 aliphatic heterocycles. The number of nitrogens with two attached hydrogens (primary N) is 1. The van der Waals surface area contributed by atoms with E-state index in [0.29, 0.717) is 21.7 Å². The van der Waals surface area contributed by atoms with Crippen LogP contribution >= 0.6 is 11.3 Å². The van der Waals surface area contributed by atoms with E-state index in [1.807, 2.05) is 0 Å². The quantitative estimate of drug-likeness (QED) is 0.665. The first-order valence-electron chi connectivity index (χ1n) is 6.88. The van der Waals surface area contributed by atoms with Gasteiger partial charge in [0.1, 0.15) is 12.1 Å². The van der Waals surface area contributed by atoms with Crippen LogP contribution in [0.1, 0.15) is 5.69 Å². The second-order valence-corrected chi connectivity index (χ2v) is 5.76. The van der Waals surface area contributed by atoms with Gasteiger partial charge in [0.15, 0.2) is 5.13 Å². The molecule has 2 heterocycles. The number of nitrogens with one attached hydrogen (secondary N) is 1. The molecule has 0 fully saturated rings. The van der Waals surface area contributed by atoms with E-state index >= 15 is 0 Å². The molecule has 122 valence electrons. The Morgan fingerprint density at radius 2 is 2.08 bits per heavy atom. The molecule has 0 aliphatic rings. The van der Waals surface area contributed by atoms with E-state index in [4.69, 9.17) is 5.73 Å². The minimum Gasteiger partial charge on any atom is -0.369 e. The highest BCUT2D eigenvalue weighted by molar-refractivity contribution is 7.13. The normalized spacial score (nSPS) is 10.7. The van der Waals surface area contributed by atoms with Gasteiger partial charge in [-0.05, 0) is 12.1 Å². The first-order chi connectivity index (χ1) is 11.5. The molecular formula is C14H12N6O3S. The summed E-state index contributed by atoms with van der Waals surface area (Å²) in [7, 11) is 0. The average Bonchev–Trinajstić information content (AvgIpc) is 2.96. The minimum absolute atomic E-state index is 0.00196. The van der Waals surface area contributed by atoms with Crippen molar-refractivity contribution in [1.29, 1.82) is 0 Å². The van der Waals surface area contributed by atoms with Crippen LogP contribution in [0.15, 0.2) is 34.4 Å². The molecule has 2 amide bonds. The summed E-state index contributed by atoms with van der Waals surface area (Å²) in [6.45, 7) is -0.290. The average molecular weight is 344 g/mol. The van der Waals surface area contributed by atoms with Crippen molar-refractivity contribution in [2.75, 3.05) is 5.32 Å². The van der Waals surface area contributed by atoms with Gasteiger partial charge in [-0.3, -0.25) is 14.4 Å². The molecule has 0 spiro atoms. The summed E-state index contributed by atoms with van der Waals surface area (Å²) in [6.07, 6.45) is 0.00196. The van der Waals surface area contributed by atoms with Crippen molar-refractivity contribution in [2.24, 2.45) is 5.73 Å². The van der Waals surface area contributed by atoms with Gasteiger partial charge in [-0.25, -0.2) is 9.67 Å². The predicted molar refractivity (Wildman–Crippen MR) is 87.4 cm³/mol. The molecular weight excluding hydrogens is 332 g/mol. The molecule has 10 heteroatoms. The number of anilines is 1. The standard InChI is InChI=1S/C14H12N6O3S/c15-11(21)5-8-7-24-14(16-8)17-12(22)6-20-13(23)9-3-1-2-4-10(9)18-19-20/h1-4,7H,5-6H2,(H2,15,21)(H,16,17,22). The van der Waals surface area contributed by atoms with Crippen LogP contribution in [-0.4, -0.2) is 31.8 Å². The maximum atomic E-state index is 12.3. The number of fused-ring (bicyclic) bond motifs is 1. The third-order valence-electron chi connectivity index (χ3n) is 3.08. The predicted octanol–water partition coefficient (Wildman–Crippen LogP) is -0.0855. The Kier molecular flexibility index (Phi) is 4.29. The lowest BCUT2D eigenvalue weighted by Gasteiger charge is -2.04. The molecule has 0 radical (unpaired) electrons. The number of carbonyl (C=O) groups excluding carboxylic acids is 2. The molecule has 9 nitrogen and oxygen atoms in total. The molecule has 0 atom stereocenters. The number of thiazole rings is 1. The topological polar surface area (TPSA) is 133 Å². The zero-order chi connectivity index (χ0) is 17.1. The minimum atomic E-state index is -0.504. The van der Waals surface area contributed by atoms with Crippen molar-refractivity contribution in [3.63, 3.8) is 0 Å². The highest BCUT2D eigenvalue weighted by atomic mass is 32.1. The summed E-state index contributed by atoms with van der Waals surface area (Å²) in [4.78, 5) is 39.2. The van der Waals surface area contributed by atoms with Crippen molar-refractivity contribution >= 4 is 39.2 Å². The van der Waals surface area contributed by atoms with Crippen molar-refractivity contribution in [3.05, 3.63) is 45.7 Å². The maximum absolute atomic E-state index is 12.3. The lowest BCUT2D eigenvalue weighted by atomic mass is 10.2. The van der Waals surface area contributed by atoms with Crippen LogP contribution < -0.4 is 16.6 Å². The molecule has 3 rings (SSSR count). The third kappa shape index (κ3) is 3.43. The van der Waals surface area contributed by atoms with Gasteiger partial charge in [-0.1, -0.05) is 17.3 Å². The molecule has 0 bridgehead atoms. The molecule has 3 N–H and O–H groups in total. The Balaban J connectivity index is 1.73. The number of amides is 2. The van der Waals surface area contributed by atoms with Crippen LogP contribution in [0, 0.1) is 0 Å². The Morgan fingerprint density at radius 3 is 2.88 bits per heavy atom. The number of rotatable bonds is 5. The molecule has 0 unspecified atom stereocenters. The summed E-state index contributed by atoms with van der Waals surface area (Å²) in [6, 6.07) is 6.76. The zero-order valence-electron chi connectivity index (χ0n) is 12.3. The van der Waals surface area contributed by atoms with Crippen LogP contribution in [0.5, 0.6) is 0 Å². The molecule has 0 saturated carbocycles. The van der Waals surface area contributed by atoms with Gasteiger partial charge in [0.05, 0.1) is 17.5 Å². The number of hydrogen-bond acceptors (Lipinski definition) is 7. The summed E-state index contributed by atoms with van der Waals surface area (Å²) in [5.74, 6) is -0.974. The van der Waals surface area contributed by atoms with Crippen molar-refractivity contribution < 1.29 is 9.59 Å². The van der Waals surface area contributed by atoms with Gasteiger partial charge in [0.2, 0.25) is 11.8 Å². The number of nitrogens with zero attached hydrogens (tertiary/aromatic N) is 4. The Hall–Kier alpha value is -3.14. The van der Waals surface area contributed by atoms with Crippen molar-refractivity contribution in [1.82, 2.24) is 20.0 Å². The van der Waals surface area contributed by atoms with E-state index in [-0.39, 0.29) is 13.0 Å². The molecule has 0 aliphatic carbocycles. The van der Waals surface area contributed by atoms with Crippen LogP contribution in [0.25, 0.3) is 10.9 Å². The largest absolute Gasteiger partial charge is 0.369 e. The van der Waals surface area contributed by atoms with Gasteiger partial charge in [0, 0.05) is 5.38 Å². The van der Waals surface area contributed by atoms with Gasteiger partial charge >= 0.3 is 0 Å². The van der Waals surface area contributed by atoms with Crippen LogP contribution in [0.4, 0.5) is 5.13 Å². The number of primary amides is 1. The third-order valence-corrected chi connectivity index (χ3v) is 3.88. The monoisotopic (exact) mass is 344 g/mol. The fourth-order valence-electron chi connectivity index (χ4n) is 2.05. The first-order valence-corrected chi connectivity index (χ1v) is 7.76. The van der Waals surface area contributed by atoms with E-state index in [9.17, 15) is 14.4 Å². The molecule has 1 aromatic carbocycles. The fourth-order valence-corrected chi connectivity index (χ4v) is 2.77. The summed E-state index contributed by atoms with van der Waals surface area (Å²) < 4.78 is 0.982. The van der Waals surface area contributed by atoms with E-state index < -0.39 is 17.4 Å². The molecule has 3 aromatic rings. The van der Waals surface area contributed by atoms with E-state index in [1.54, 1.807) is 29.6 Å². The summed E-state index contributed by atoms with van der Waals surface area (Å²) in [5.41, 5.74) is 5.63. The summed E-state index contributed by atoms with van der Waals surface area (Å²) in [5, 5.41) is 12.5. The van der Waals surface area contributed by atoms with Crippen molar-refractivity contribution in [3.8, 4) is 0 Å². The van der Waals surface area contributed by atoms with E-state index in [1.165, 1.54) is 0 Å². The lowest BCUT2D eigenvalue weighted by Crippen LogP contribution is -2.30. The molecule has 24 heavy (non-hydrogen) atoms. The number of benzene rings is 1. The van der Waals surface area contributed by atoms with Gasteiger partial charge in [0.25, 0.3) is 5.56 Å². The number of carbonyl (C=O) groups is 2. The summed E-state index contributed by atoms with van der Waals surface area (Å²) >= 11 is 1.16. The zero-order valence-corrected chi connectivity index (χ0v) is 13.1. The maximum Gasteiger partial charge on any atom is 0.278 e. The molecule has 2 aromatic heterocycles. The highest BCUT2D eigenvalue weighted by Gasteiger charge is 2.12. The Bertz CT molecular complexity index is 980.